The molecule has 0 radical (unpaired) electrons. The molecule has 19 heavy (non-hydrogen) atoms. The Kier molecular flexibility index (Phi) is 4.55. The molecule has 4 nitrogen and oxygen atoms in total. The van der Waals surface area contributed by atoms with Crippen LogP contribution < -0.4 is 0 Å². The van der Waals surface area contributed by atoms with Gasteiger partial charge in [0.25, 0.3) is 5.91 Å². The number of thiophene rings is 2. The van der Waals surface area contributed by atoms with Crippen LogP contribution in [0, 0.1) is 0 Å². The second-order valence-corrected chi connectivity index (χ2v) is 6.00. The number of esters is 1. The van der Waals surface area contributed by atoms with Crippen molar-refractivity contribution in [2.24, 2.45) is 0 Å². The van der Waals surface area contributed by atoms with Crippen molar-refractivity contribution in [3.8, 4) is 0 Å². The molecule has 0 saturated carbocycles. The van der Waals surface area contributed by atoms with Gasteiger partial charge in [0, 0.05) is 22.5 Å². The summed E-state index contributed by atoms with van der Waals surface area (Å²) in [6, 6.07) is 3.94. The molecule has 2 heterocycles. The van der Waals surface area contributed by atoms with E-state index in [1.807, 2.05) is 24.4 Å². The Morgan fingerprint density at radius 1 is 1.37 bits per heavy atom. The summed E-state index contributed by atoms with van der Waals surface area (Å²) in [5.74, 6) is -0.307. The molecule has 2 aromatic rings. The number of hydrogen-bond acceptors (Lipinski definition) is 5. The highest BCUT2D eigenvalue weighted by molar-refractivity contribution is 7.27. The number of hydrogen-bond donors (Lipinski definition) is 0. The predicted octanol–water partition coefficient (Wildman–Crippen LogP) is 2.99. The molecular formula is C13H15NO3S2. The zero-order chi connectivity index (χ0) is 13.8. The van der Waals surface area contributed by atoms with Crippen LogP contribution in [0.3, 0.4) is 0 Å². The van der Waals surface area contributed by atoms with Gasteiger partial charge < -0.3 is 9.64 Å². The third-order valence-electron chi connectivity index (χ3n) is 2.83. The Balaban J connectivity index is 2.07. The number of rotatable bonds is 5. The maximum atomic E-state index is 12.3. The van der Waals surface area contributed by atoms with Crippen molar-refractivity contribution in [1.29, 1.82) is 0 Å². The fourth-order valence-electron chi connectivity index (χ4n) is 1.76. The van der Waals surface area contributed by atoms with Gasteiger partial charge in [0.05, 0.1) is 18.4 Å². The fourth-order valence-corrected chi connectivity index (χ4v) is 3.84. The monoisotopic (exact) mass is 297 g/mol. The molecule has 6 heteroatoms. The highest BCUT2D eigenvalue weighted by atomic mass is 32.1. The van der Waals surface area contributed by atoms with E-state index in [0.717, 1.165) is 14.3 Å². The number of carbonyl (C=O) groups is 2. The number of nitrogens with zero attached hydrogens (tertiary/aromatic N) is 1. The summed E-state index contributed by atoms with van der Waals surface area (Å²) in [6.45, 7) is 2.89. The summed E-state index contributed by atoms with van der Waals surface area (Å²) in [7, 11) is 1.35. The van der Waals surface area contributed by atoms with Gasteiger partial charge in [-0.15, -0.1) is 22.7 Å². The SMILES string of the molecule is CCN(CCC(=O)OC)C(=O)c1cc2sccc2s1. The lowest BCUT2D eigenvalue weighted by atomic mass is 10.3. The normalized spacial score (nSPS) is 10.6. The number of carbonyl (C=O) groups excluding carboxylic acids is 2. The first-order chi connectivity index (χ1) is 9.15. The molecular weight excluding hydrogens is 282 g/mol. The standard InChI is InChI=1S/C13H15NO3S2/c1-3-14(6-4-12(15)17-2)13(16)11-8-10-9(19-11)5-7-18-10/h5,7-8H,3-4,6H2,1-2H3. The van der Waals surface area contributed by atoms with Crippen molar-refractivity contribution in [3.63, 3.8) is 0 Å². The molecule has 0 N–H and O–H groups in total. The van der Waals surface area contributed by atoms with Gasteiger partial charge in [-0.1, -0.05) is 0 Å². The smallest absolute Gasteiger partial charge is 0.307 e. The van der Waals surface area contributed by atoms with Gasteiger partial charge in [0.15, 0.2) is 0 Å². The van der Waals surface area contributed by atoms with Crippen LogP contribution in [0.1, 0.15) is 23.0 Å². The zero-order valence-electron chi connectivity index (χ0n) is 10.8. The van der Waals surface area contributed by atoms with E-state index in [-0.39, 0.29) is 18.3 Å². The molecule has 0 atom stereocenters. The van der Waals surface area contributed by atoms with E-state index in [1.54, 1.807) is 16.2 Å². The van der Waals surface area contributed by atoms with Crippen molar-refractivity contribution in [1.82, 2.24) is 4.90 Å². The predicted molar refractivity (Wildman–Crippen MR) is 77.9 cm³/mol. The molecule has 2 rings (SSSR count). The fraction of sp³-hybridized carbons (Fsp3) is 0.385. The molecule has 0 aliphatic carbocycles. The molecule has 0 aromatic carbocycles. The molecule has 0 bridgehead atoms. The molecule has 0 aliphatic heterocycles. The minimum Gasteiger partial charge on any atom is -0.469 e. The molecule has 0 saturated heterocycles. The van der Waals surface area contributed by atoms with Crippen LogP contribution in [0.15, 0.2) is 17.5 Å². The van der Waals surface area contributed by atoms with Crippen LogP contribution in [0.2, 0.25) is 0 Å². The van der Waals surface area contributed by atoms with E-state index in [0.29, 0.717) is 13.1 Å². The lowest BCUT2D eigenvalue weighted by Gasteiger charge is -2.19. The number of ether oxygens (including phenoxy) is 1. The summed E-state index contributed by atoms with van der Waals surface area (Å²) in [6.07, 6.45) is 0.232. The lowest BCUT2D eigenvalue weighted by molar-refractivity contribution is -0.140. The minimum atomic E-state index is -0.293. The second kappa shape index (κ2) is 6.16. The van der Waals surface area contributed by atoms with Crippen LogP contribution in [0.25, 0.3) is 9.40 Å². The van der Waals surface area contributed by atoms with Crippen molar-refractivity contribution in [3.05, 3.63) is 22.4 Å². The second-order valence-electron chi connectivity index (χ2n) is 3.97. The van der Waals surface area contributed by atoms with E-state index >= 15 is 0 Å². The van der Waals surface area contributed by atoms with Gasteiger partial charge in [0.1, 0.15) is 0 Å². The first-order valence-corrected chi connectivity index (χ1v) is 7.68. The largest absolute Gasteiger partial charge is 0.469 e. The van der Waals surface area contributed by atoms with Crippen LogP contribution >= 0.6 is 22.7 Å². The molecule has 1 amide bonds. The molecule has 2 aromatic heterocycles. The van der Waals surface area contributed by atoms with Gasteiger partial charge >= 0.3 is 5.97 Å². The first kappa shape index (κ1) is 14.0. The van der Waals surface area contributed by atoms with Gasteiger partial charge in [0.2, 0.25) is 0 Å². The average Bonchev–Trinajstić information content (AvgIpc) is 2.99. The van der Waals surface area contributed by atoms with Crippen molar-refractivity contribution in [2.75, 3.05) is 20.2 Å². The van der Waals surface area contributed by atoms with Crippen LogP contribution in [-0.2, 0) is 9.53 Å². The molecule has 0 unspecified atom stereocenters. The topological polar surface area (TPSA) is 46.6 Å². The molecule has 102 valence electrons. The maximum absolute atomic E-state index is 12.3. The summed E-state index contributed by atoms with van der Waals surface area (Å²) >= 11 is 3.13. The number of amides is 1. The maximum Gasteiger partial charge on any atom is 0.307 e. The van der Waals surface area contributed by atoms with E-state index in [1.165, 1.54) is 18.4 Å². The minimum absolute atomic E-state index is 0.0141. The molecule has 0 fully saturated rings. The Morgan fingerprint density at radius 2 is 2.16 bits per heavy atom. The Hall–Kier alpha value is -1.40. The summed E-state index contributed by atoms with van der Waals surface area (Å²) in [5, 5.41) is 2.02. The van der Waals surface area contributed by atoms with E-state index in [4.69, 9.17) is 0 Å². The Morgan fingerprint density at radius 3 is 2.79 bits per heavy atom. The van der Waals surface area contributed by atoms with Crippen molar-refractivity contribution < 1.29 is 14.3 Å². The summed E-state index contributed by atoms with van der Waals surface area (Å²) in [4.78, 5) is 25.9. The number of methoxy groups -OCH3 is 1. The first-order valence-electron chi connectivity index (χ1n) is 5.98. The Bertz CT molecular complexity index is 559. The van der Waals surface area contributed by atoms with Crippen molar-refractivity contribution >= 4 is 43.9 Å². The molecule has 0 aliphatic rings. The van der Waals surface area contributed by atoms with Gasteiger partial charge in [-0.25, -0.2) is 0 Å². The van der Waals surface area contributed by atoms with Gasteiger partial charge in [-0.3, -0.25) is 9.59 Å². The molecule has 0 spiro atoms. The zero-order valence-corrected chi connectivity index (χ0v) is 12.5. The van der Waals surface area contributed by atoms with Crippen LogP contribution in [0.5, 0.6) is 0 Å². The third kappa shape index (κ3) is 3.13. The van der Waals surface area contributed by atoms with E-state index in [9.17, 15) is 9.59 Å². The summed E-state index contributed by atoms with van der Waals surface area (Å²) < 4.78 is 6.87. The van der Waals surface area contributed by atoms with Gasteiger partial charge in [-0.2, -0.15) is 0 Å². The summed E-state index contributed by atoms with van der Waals surface area (Å²) in [5.41, 5.74) is 0. The Labute approximate surface area is 119 Å². The van der Waals surface area contributed by atoms with Crippen LogP contribution in [0.4, 0.5) is 0 Å². The highest BCUT2D eigenvalue weighted by Crippen LogP contribution is 2.30. The lowest BCUT2D eigenvalue weighted by Crippen LogP contribution is -2.32. The van der Waals surface area contributed by atoms with Crippen LogP contribution in [-0.4, -0.2) is 37.0 Å². The van der Waals surface area contributed by atoms with E-state index in [2.05, 4.69) is 4.74 Å². The van der Waals surface area contributed by atoms with Gasteiger partial charge in [-0.05, 0) is 24.4 Å². The van der Waals surface area contributed by atoms with Crippen molar-refractivity contribution in [2.45, 2.75) is 13.3 Å². The van der Waals surface area contributed by atoms with E-state index < -0.39 is 0 Å². The number of fused-ring (bicyclic) bond motifs is 1. The highest BCUT2D eigenvalue weighted by Gasteiger charge is 2.18. The third-order valence-corrected chi connectivity index (χ3v) is 4.91. The average molecular weight is 297 g/mol. The quantitative estimate of drug-likeness (QED) is 0.797.